The largest absolute Gasteiger partial charge is 0.508 e. The number of allylic oxidation sites excluding steroid dienone is 4. The molecule has 2 aromatic rings. The topological polar surface area (TPSA) is 59.6 Å². The predicted octanol–water partition coefficient (Wildman–Crippen LogP) is 5.37. The van der Waals surface area contributed by atoms with Gasteiger partial charge in [-0.3, -0.25) is 5.01 Å². The Bertz CT molecular complexity index is 1150. The Morgan fingerprint density at radius 3 is 2.67 bits per heavy atom. The predicted molar refractivity (Wildman–Crippen MR) is 113 cm³/mol. The van der Waals surface area contributed by atoms with Crippen LogP contribution in [0.15, 0.2) is 70.5 Å². The van der Waals surface area contributed by atoms with Crippen molar-refractivity contribution in [3.63, 3.8) is 0 Å². The molecule has 2 aliphatic carbocycles. The summed E-state index contributed by atoms with van der Waals surface area (Å²) in [4.78, 5) is 0. The molecule has 4 nitrogen and oxygen atoms in total. The fourth-order valence-corrected chi connectivity index (χ4v) is 4.93. The van der Waals surface area contributed by atoms with Crippen molar-refractivity contribution in [2.45, 2.75) is 38.6 Å². The highest BCUT2D eigenvalue weighted by molar-refractivity contribution is 6.05. The van der Waals surface area contributed by atoms with E-state index < -0.39 is 0 Å². The zero-order chi connectivity index (χ0) is 20.8. The quantitative estimate of drug-likeness (QED) is 0.738. The maximum Gasteiger partial charge on any atom is 0.123 e. The van der Waals surface area contributed by atoms with Gasteiger partial charge in [0.1, 0.15) is 11.6 Å². The maximum atomic E-state index is 13.6. The fraction of sp³-hybridized carbons (Fsp3) is 0.280. The molecule has 1 heterocycles. The maximum absolute atomic E-state index is 13.6. The van der Waals surface area contributed by atoms with E-state index in [-0.39, 0.29) is 23.5 Å². The van der Waals surface area contributed by atoms with Crippen LogP contribution in [0.25, 0.3) is 0 Å². The first-order chi connectivity index (χ1) is 14.5. The van der Waals surface area contributed by atoms with Gasteiger partial charge >= 0.3 is 0 Å². The molecule has 0 saturated carbocycles. The molecule has 2 aromatic carbocycles. The smallest absolute Gasteiger partial charge is 0.123 e. The van der Waals surface area contributed by atoms with Gasteiger partial charge in [0.15, 0.2) is 0 Å². The lowest BCUT2D eigenvalue weighted by atomic mass is 9.77. The second-order valence-electron chi connectivity index (χ2n) is 8.22. The van der Waals surface area contributed by atoms with Crippen molar-refractivity contribution in [1.29, 1.82) is 5.26 Å². The zero-order valence-electron chi connectivity index (χ0n) is 16.8. The molecular formula is C25H22FN3O. The van der Waals surface area contributed by atoms with Crippen LogP contribution in [0.1, 0.15) is 48.9 Å². The van der Waals surface area contributed by atoms with Crippen LogP contribution in [0.5, 0.6) is 5.75 Å². The minimum absolute atomic E-state index is 0.00904. The summed E-state index contributed by atoms with van der Waals surface area (Å²) < 4.78 is 13.6. The number of phenols is 1. The van der Waals surface area contributed by atoms with Crippen LogP contribution in [0.4, 0.5) is 4.39 Å². The Kier molecular flexibility index (Phi) is 4.43. The van der Waals surface area contributed by atoms with E-state index in [0.717, 1.165) is 58.5 Å². The van der Waals surface area contributed by atoms with Crippen LogP contribution in [0.3, 0.4) is 0 Å². The third-order valence-corrected chi connectivity index (χ3v) is 6.43. The summed E-state index contributed by atoms with van der Waals surface area (Å²) in [5.74, 6) is 0.218. The minimum atomic E-state index is -0.247. The first-order valence-electron chi connectivity index (χ1n) is 10.3. The number of benzene rings is 2. The molecule has 0 spiro atoms. The molecule has 3 aliphatic rings. The minimum Gasteiger partial charge on any atom is -0.508 e. The van der Waals surface area contributed by atoms with Crippen LogP contribution in [-0.4, -0.2) is 15.8 Å². The van der Waals surface area contributed by atoms with E-state index in [4.69, 9.17) is 5.10 Å². The molecule has 150 valence electrons. The van der Waals surface area contributed by atoms with Crippen molar-refractivity contribution in [3.05, 3.63) is 87.9 Å². The molecule has 0 radical (unpaired) electrons. The fourth-order valence-electron chi connectivity index (χ4n) is 4.93. The average molecular weight is 399 g/mol. The van der Waals surface area contributed by atoms with E-state index in [1.807, 2.05) is 31.2 Å². The second-order valence-corrected chi connectivity index (χ2v) is 8.22. The van der Waals surface area contributed by atoms with Crippen LogP contribution < -0.4 is 0 Å². The first kappa shape index (κ1) is 18.6. The molecule has 0 bridgehead atoms. The van der Waals surface area contributed by atoms with Crippen LogP contribution in [0, 0.1) is 23.1 Å². The molecular weight excluding hydrogens is 377 g/mol. The lowest BCUT2D eigenvalue weighted by molar-refractivity contribution is 0.243. The number of rotatable bonds is 2. The highest BCUT2D eigenvalue weighted by atomic mass is 19.1. The number of hydrogen-bond acceptors (Lipinski definition) is 4. The van der Waals surface area contributed by atoms with E-state index in [9.17, 15) is 14.8 Å². The van der Waals surface area contributed by atoms with Gasteiger partial charge < -0.3 is 5.11 Å². The molecule has 5 heteroatoms. The molecule has 0 aromatic heterocycles. The van der Waals surface area contributed by atoms with Crippen LogP contribution in [-0.2, 0) is 6.42 Å². The summed E-state index contributed by atoms with van der Waals surface area (Å²) >= 11 is 0. The van der Waals surface area contributed by atoms with Gasteiger partial charge in [0.05, 0.1) is 17.8 Å². The van der Waals surface area contributed by atoms with E-state index in [1.54, 1.807) is 6.07 Å². The van der Waals surface area contributed by atoms with Crippen molar-refractivity contribution in [1.82, 2.24) is 5.01 Å². The van der Waals surface area contributed by atoms with Crippen molar-refractivity contribution in [2.75, 3.05) is 0 Å². The summed E-state index contributed by atoms with van der Waals surface area (Å²) in [6.45, 7) is 1.97. The Morgan fingerprint density at radius 2 is 1.93 bits per heavy atom. The number of hydrogen-bond donors (Lipinski definition) is 1. The second kappa shape index (κ2) is 7.14. The van der Waals surface area contributed by atoms with E-state index >= 15 is 0 Å². The molecule has 0 saturated heterocycles. The number of phenolic OH excluding ortho intramolecular Hbond substituents is 1. The molecule has 5 rings (SSSR count). The lowest BCUT2D eigenvalue weighted by Gasteiger charge is -2.33. The lowest BCUT2D eigenvalue weighted by Crippen LogP contribution is -2.29. The van der Waals surface area contributed by atoms with E-state index in [2.05, 4.69) is 17.2 Å². The van der Waals surface area contributed by atoms with Gasteiger partial charge in [-0.25, -0.2) is 4.39 Å². The van der Waals surface area contributed by atoms with Gasteiger partial charge in [0.25, 0.3) is 0 Å². The number of aromatic hydroxyl groups is 1. The van der Waals surface area contributed by atoms with Crippen molar-refractivity contribution in [3.8, 4) is 11.8 Å². The number of hydrazone groups is 1. The monoisotopic (exact) mass is 399 g/mol. The van der Waals surface area contributed by atoms with Crippen molar-refractivity contribution in [2.24, 2.45) is 11.0 Å². The summed E-state index contributed by atoms with van der Waals surface area (Å²) in [6.07, 6.45) is 5.32. The van der Waals surface area contributed by atoms with Crippen molar-refractivity contribution >= 4 is 5.71 Å². The molecule has 2 atom stereocenters. The summed E-state index contributed by atoms with van der Waals surface area (Å²) in [7, 11) is 0. The Hall–Kier alpha value is -3.39. The molecule has 1 N–H and O–H groups in total. The molecule has 30 heavy (non-hydrogen) atoms. The SMILES string of the molecule is CC1=C(C#N)CCC(N2N=C3c4ccc(O)cc4CC[C@H]3[C@H]2c2ccc(F)cc2)=C1. The van der Waals surface area contributed by atoms with Gasteiger partial charge in [-0.1, -0.05) is 12.1 Å². The Balaban J connectivity index is 1.63. The summed E-state index contributed by atoms with van der Waals surface area (Å²) in [6, 6.07) is 14.5. The van der Waals surface area contributed by atoms with Gasteiger partial charge in [-0.15, -0.1) is 0 Å². The number of nitriles is 1. The van der Waals surface area contributed by atoms with E-state index in [0.29, 0.717) is 6.42 Å². The molecule has 0 fully saturated rings. The Morgan fingerprint density at radius 1 is 1.13 bits per heavy atom. The van der Waals surface area contributed by atoms with Crippen LogP contribution >= 0.6 is 0 Å². The third kappa shape index (κ3) is 3.00. The molecule has 0 amide bonds. The van der Waals surface area contributed by atoms with Gasteiger partial charge in [-0.2, -0.15) is 10.4 Å². The average Bonchev–Trinajstić information content (AvgIpc) is 3.14. The first-order valence-corrected chi connectivity index (χ1v) is 10.3. The number of aryl methyl sites for hydroxylation is 1. The zero-order valence-corrected chi connectivity index (χ0v) is 16.8. The van der Waals surface area contributed by atoms with Crippen LogP contribution in [0.2, 0.25) is 0 Å². The highest BCUT2D eigenvalue weighted by Gasteiger charge is 2.42. The van der Waals surface area contributed by atoms with Gasteiger partial charge in [0.2, 0.25) is 0 Å². The Labute approximate surface area is 175 Å². The summed E-state index contributed by atoms with van der Waals surface area (Å²) in [5, 5.41) is 26.4. The van der Waals surface area contributed by atoms with E-state index in [1.165, 1.54) is 12.1 Å². The summed E-state index contributed by atoms with van der Waals surface area (Å²) in [5.41, 5.74) is 7.16. The standard InChI is InChI=1S/C25H22FN3O/c1-15-12-20(8-4-18(15)14-27)29-25(16-2-6-19(26)7-3-16)23-10-5-17-13-21(30)9-11-22(17)24(23)28-29/h2-3,6-7,9,11-13,23,25,30H,4-5,8,10H2,1H3/t23-,25-/m1/s1. The van der Waals surface area contributed by atoms with Crippen molar-refractivity contribution < 1.29 is 9.50 Å². The highest BCUT2D eigenvalue weighted by Crippen LogP contribution is 2.46. The third-order valence-electron chi connectivity index (χ3n) is 6.43. The van der Waals surface area contributed by atoms with Gasteiger partial charge in [0, 0.05) is 22.8 Å². The van der Waals surface area contributed by atoms with Gasteiger partial charge in [-0.05, 0) is 85.7 Å². The number of halogens is 1. The normalized spacial score (nSPS) is 22.8. The number of nitrogens with zero attached hydrogens (tertiary/aromatic N) is 3. The number of fused-ring (bicyclic) bond motifs is 3. The molecule has 0 unspecified atom stereocenters. The molecule has 1 aliphatic heterocycles.